The normalized spacial score (nSPS) is 8.10. The molecule has 0 aromatic heterocycles. The molecule has 0 spiro atoms. The van der Waals surface area contributed by atoms with Gasteiger partial charge in [-0.15, -0.1) is 0 Å². The van der Waals surface area contributed by atoms with E-state index in [-0.39, 0.29) is 5.81 Å². The summed E-state index contributed by atoms with van der Waals surface area (Å²) in [5.74, 6) is -0.336. The molecule has 10 heavy (non-hydrogen) atoms. The minimum absolute atomic E-state index is 0.336. The van der Waals surface area contributed by atoms with Crippen LogP contribution in [0.25, 0.3) is 0 Å². The second-order valence-electron chi connectivity index (χ2n) is 2.36. The molecule has 0 aromatic carbocycles. The van der Waals surface area contributed by atoms with Crippen LogP contribution in [0.3, 0.4) is 0 Å². The number of rotatable bonds is 2. The van der Waals surface area contributed by atoms with E-state index < -0.39 is 0 Å². The molecule has 0 aliphatic rings. The van der Waals surface area contributed by atoms with E-state index in [2.05, 4.69) is 0 Å². The second kappa shape index (κ2) is 8.49. The molecule has 0 aliphatic heterocycles. The lowest BCUT2D eigenvalue weighted by Crippen LogP contribution is -2.15. The highest BCUT2D eigenvalue weighted by Gasteiger charge is 1.88. The van der Waals surface area contributed by atoms with E-state index in [4.69, 9.17) is 5.73 Å². The van der Waals surface area contributed by atoms with Gasteiger partial charge in [-0.3, -0.25) is 4.79 Å². The summed E-state index contributed by atoms with van der Waals surface area (Å²) in [5.41, 5.74) is 4.71. The fraction of sp³-hybridized carbons (Fsp3) is 0.833. The summed E-state index contributed by atoms with van der Waals surface area (Å²) < 4.78 is 0. The van der Waals surface area contributed by atoms with E-state index in [0.717, 1.165) is 6.32 Å². The molecule has 0 fully saturated rings. The smallest absolute Gasteiger partial charge is 0.232 e. The van der Waals surface area contributed by atoms with Gasteiger partial charge < -0.3 is 10.6 Å². The summed E-state index contributed by atoms with van der Waals surface area (Å²) >= 11 is 0. The summed E-state index contributed by atoms with van der Waals surface area (Å²) in [7, 11) is 7.43. The van der Waals surface area contributed by atoms with Crippen LogP contribution in [0.5, 0.6) is 0 Å². The molecule has 1 radical (unpaired) electrons. The highest BCUT2D eigenvalue weighted by molar-refractivity contribution is 6.73. The van der Waals surface area contributed by atoms with Crippen LogP contribution in [-0.2, 0) is 0 Å². The molecule has 3 nitrogen and oxygen atoms in total. The number of amides is 1. The van der Waals surface area contributed by atoms with Crippen molar-refractivity contribution in [2.75, 3.05) is 21.1 Å². The van der Waals surface area contributed by atoms with E-state index >= 15 is 0 Å². The van der Waals surface area contributed by atoms with Gasteiger partial charge in [-0.1, -0.05) is 13.2 Å². The van der Waals surface area contributed by atoms with Gasteiger partial charge in [-0.05, 0) is 21.1 Å². The Kier molecular flexibility index (Phi) is 10.4. The van der Waals surface area contributed by atoms with Crippen LogP contribution in [0, 0.1) is 0 Å². The zero-order chi connectivity index (χ0) is 8.57. The van der Waals surface area contributed by atoms with Crippen molar-refractivity contribution in [3.63, 3.8) is 0 Å². The van der Waals surface area contributed by atoms with Crippen LogP contribution in [0.1, 0.15) is 6.92 Å². The Hall–Kier alpha value is -0.505. The Morgan fingerprint density at radius 1 is 1.50 bits per heavy atom. The molecule has 0 saturated heterocycles. The van der Waals surface area contributed by atoms with E-state index in [9.17, 15) is 4.79 Å². The van der Waals surface area contributed by atoms with Gasteiger partial charge in [0.1, 0.15) is 0 Å². The quantitative estimate of drug-likeness (QED) is 0.568. The maximum absolute atomic E-state index is 9.77. The number of hydrogen-bond donors (Lipinski definition) is 1. The Labute approximate surface area is 63.8 Å². The molecule has 0 atom stereocenters. The minimum Gasteiger partial charge on any atom is -0.379 e. The number of nitrogens with zero attached hydrogens (tertiary/aromatic N) is 1. The van der Waals surface area contributed by atoms with E-state index in [1.807, 2.05) is 33.0 Å². The number of carbonyl (C=O) groups excluding carboxylic acids is 1. The van der Waals surface area contributed by atoms with Crippen LogP contribution in [0.15, 0.2) is 0 Å². The highest BCUT2D eigenvalue weighted by atomic mass is 16.1. The summed E-state index contributed by atoms with van der Waals surface area (Å²) in [5, 5.41) is 0. The zero-order valence-electron chi connectivity index (χ0n) is 7.22. The first-order valence-corrected chi connectivity index (χ1v) is 3.24. The third-order valence-corrected chi connectivity index (χ3v) is 0.405. The molecule has 0 rings (SSSR count). The Balaban J connectivity index is 0. The molecule has 0 aromatic rings. The van der Waals surface area contributed by atoms with Crippen molar-refractivity contribution in [1.82, 2.24) is 4.90 Å². The fourth-order valence-electron chi connectivity index (χ4n) is 0.201. The Morgan fingerprint density at radius 2 is 1.80 bits per heavy atom. The van der Waals surface area contributed by atoms with Crippen LogP contribution >= 0.6 is 0 Å². The summed E-state index contributed by atoms with van der Waals surface area (Å²) in [6, 6.07) is 0. The van der Waals surface area contributed by atoms with Crippen LogP contribution in [-0.4, -0.2) is 39.1 Å². The van der Waals surface area contributed by atoms with Gasteiger partial charge in [-0.2, -0.15) is 0 Å². The first kappa shape index (κ1) is 12.2. The molecular formula is C6H16BN2O. The van der Waals surface area contributed by atoms with Crippen LogP contribution < -0.4 is 5.73 Å². The largest absolute Gasteiger partial charge is 0.379 e. The van der Waals surface area contributed by atoms with Gasteiger partial charge in [0.15, 0.2) is 5.81 Å². The molecular weight excluding hydrogens is 127 g/mol. The molecule has 59 valence electrons. The molecule has 1 amide bonds. The fourth-order valence-corrected chi connectivity index (χ4v) is 0.201. The topological polar surface area (TPSA) is 46.3 Å². The lowest BCUT2D eigenvalue weighted by atomic mass is 9.75. The minimum atomic E-state index is -0.336. The van der Waals surface area contributed by atoms with Crippen molar-refractivity contribution in [2.24, 2.45) is 5.73 Å². The van der Waals surface area contributed by atoms with Crippen molar-refractivity contribution in [3.8, 4) is 0 Å². The van der Waals surface area contributed by atoms with Crippen molar-refractivity contribution in [3.05, 3.63) is 0 Å². The maximum atomic E-state index is 9.77. The van der Waals surface area contributed by atoms with Gasteiger partial charge in [0.05, 0.1) is 0 Å². The van der Waals surface area contributed by atoms with Crippen LogP contribution in [0.4, 0.5) is 4.79 Å². The van der Waals surface area contributed by atoms with Gasteiger partial charge in [0, 0.05) is 0 Å². The lowest BCUT2D eigenvalue weighted by molar-refractivity contribution is 0.265. The predicted octanol–water partition coefficient (Wildman–Crippen LogP) is 0.385. The molecule has 0 saturated carbocycles. The van der Waals surface area contributed by atoms with Gasteiger partial charge in [0.25, 0.3) is 0 Å². The van der Waals surface area contributed by atoms with Gasteiger partial charge >= 0.3 is 0 Å². The predicted molar refractivity (Wildman–Crippen MR) is 45.4 cm³/mol. The zero-order valence-corrected chi connectivity index (χ0v) is 7.22. The van der Waals surface area contributed by atoms with E-state index in [0.29, 0.717) is 0 Å². The monoisotopic (exact) mass is 143 g/mol. The van der Waals surface area contributed by atoms with Crippen molar-refractivity contribution >= 4 is 13.1 Å². The third-order valence-electron chi connectivity index (χ3n) is 0.405. The first-order chi connectivity index (χ1) is 4.50. The third kappa shape index (κ3) is 50.8. The molecule has 0 bridgehead atoms. The average molecular weight is 143 g/mol. The Bertz CT molecular complexity index is 83.1. The van der Waals surface area contributed by atoms with E-state index in [1.165, 1.54) is 7.28 Å². The summed E-state index contributed by atoms with van der Waals surface area (Å²) in [6.07, 6.45) is 0.731. The molecule has 0 heterocycles. The van der Waals surface area contributed by atoms with Gasteiger partial charge in [-0.25, -0.2) is 0 Å². The maximum Gasteiger partial charge on any atom is 0.232 e. The second-order valence-corrected chi connectivity index (χ2v) is 2.36. The number of hydrogen-bond acceptors (Lipinski definition) is 2. The van der Waals surface area contributed by atoms with Gasteiger partial charge in [0.2, 0.25) is 7.28 Å². The molecule has 4 heteroatoms. The number of primary amides is 1. The molecule has 0 aliphatic carbocycles. The molecule has 2 N–H and O–H groups in total. The average Bonchev–Trinajstić information content (AvgIpc) is 1.62. The lowest BCUT2D eigenvalue weighted by Gasteiger charge is -1.90. The SMILES string of the molecule is CC[B]C(N)=O.CN(C)C. The first-order valence-electron chi connectivity index (χ1n) is 3.24. The van der Waals surface area contributed by atoms with Crippen molar-refractivity contribution in [1.29, 1.82) is 0 Å². The Morgan fingerprint density at radius 3 is 1.80 bits per heavy atom. The summed E-state index contributed by atoms with van der Waals surface area (Å²) in [4.78, 5) is 11.8. The van der Waals surface area contributed by atoms with Crippen LogP contribution in [0.2, 0.25) is 6.32 Å². The van der Waals surface area contributed by atoms with E-state index in [1.54, 1.807) is 0 Å². The number of nitrogens with two attached hydrogens (primary N) is 1. The van der Waals surface area contributed by atoms with Crippen molar-refractivity contribution in [2.45, 2.75) is 13.2 Å². The molecule has 0 unspecified atom stereocenters. The highest BCUT2D eigenvalue weighted by Crippen LogP contribution is 1.69. The summed E-state index contributed by atoms with van der Waals surface area (Å²) in [6.45, 7) is 1.87. The number of carbonyl (C=O) groups is 1. The van der Waals surface area contributed by atoms with Crippen molar-refractivity contribution < 1.29 is 4.79 Å². The standard InChI is InChI=1S/C3H7BNO.C3H9N/c1-2-4-3(5)6;1-4(2)3/h2H2,1H3,(H2,5,6);1-3H3.